The third kappa shape index (κ3) is 5.27. The predicted octanol–water partition coefficient (Wildman–Crippen LogP) is 3.92. The highest BCUT2D eigenvalue weighted by atomic mass is 35.5. The van der Waals surface area contributed by atoms with Crippen molar-refractivity contribution in [2.75, 3.05) is 13.1 Å². The summed E-state index contributed by atoms with van der Waals surface area (Å²) in [6.45, 7) is 7.91. The lowest BCUT2D eigenvalue weighted by Crippen LogP contribution is -2.50. The lowest BCUT2D eigenvalue weighted by Gasteiger charge is -2.36. The molecule has 2 heterocycles. The van der Waals surface area contributed by atoms with Gasteiger partial charge in [-0.15, -0.1) is 0 Å². The van der Waals surface area contributed by atoms with Crippen molar-refractivity contribution in [2.24, 2.45) is 11.8 Å². The number of amides is 1. The highest BCUT2D eigenvalue weighted by Gasteiger charge is 2.48. The van der Waals surface area contributed by atoms with Crippen molar-refractivity contribution in [1.29, 1.82) is 0 Å². The first-order chi connectivity index (χ1) is 15.7. The Morgan fingerprint density at radius 3 is 2.39 bits per heavy atom. The SMILES string of the molecule is Cc1ccc(C2C(C)C(N3CCC(C(=O)NCc4ccc(Cl)cc4)CC3)NS2(=O)=O)cc1C. The van der Waals surface area contributed by atoms with Gasteiger partial charge in [0.15, 0.2) is 0 Å². The molecule has 0 bridgehead atoms. The summed E-state index contributed by atoms with van der Waals surface area (Å²) in [5.74, 6) is -0.0949. The van der Waals surface area contributed by atoms with Crippen LogP contribution in [0.1, 0.15) is 47.3 Å². The Bertz CT molecular complexity index is 1110. The van der Waals surface area contributed by atoms with E-state index >= 15 is 0 Å². The Morgan fingerprint density at radius 1 is 1.09 bits per heavy atom. The van der Waals surface area contributed by atoms with Crippen molar-refractivity contribution in [2.45, 2.75) is 51.6 Å². The molecule has 2 aliphatic heterocycles. The predicted molar refractivity (Wildman–Crippen MR) is 131 cm³/mol. The maximum absolute atomic E-state index is 13.0. The Hall–Kier alpha value is -1.93. The van der Waals surface area contributed by atoms with Crippen LogP contribution in [-0.4, -0.2) is 38.5 Å². The summed E-state index contributed by atoms with van der Waals surface area (Å²) in [6, 6.07) is 13.4. The quantitative estimate of drug-likeness (QED) is 0.667. The molecule has 2 N–H and O–H groups in total. The Labute approximate surface area is 201 Å². The van der Waals surface area contributed by atoms with E-state index in [0.29, 0.717) is 37.5 Å². The second kappa shape index (κ2) is 9.74. The van der Waals surface area contributed by atoms with Crippen molar-refractivity contribution in [3.63, 3.8) is 0 Å². The highest BCUT2D eigenvalue weighted by Crippen LogP contribution is 2.40. The molecule has 3 atom stereocenters. The fraction of sp³-hybridized carbons (Fsp3) is 0.480. The summed E-state index contributed by atoms with van der Waals surface area (Å²) >= 11 is 5.91. The van der Waals surface area contributed by atoms with E-state index in [4.69, 9.17) is 11.6 Å². The van der Waals surface area contributed by atoms with Crippen molar-refractivity contribution in [3.8, 4) is 0 Å². The topological polar surface area (TPSA) is 78.5 Å². The second-order valence-corrected chi connectivity index (χ2v) is 11.7. The maximum atomic E-state index is 13.0. The Morgan fingerprint density at radius 2 is 1.76 bits per heavy atom. The molecule has 6 nitrogen and oxygen atoms in total. The minimum Gasteiger partial charge on any atom is -0.352 e. The number of aryl methyl sites for hydroxylation is 2. The molecule has 2 saturated heterocycles. The zero-order valence-electron chi connectivity index (χ0n) is 19.3. The number of nitrogens with one attached hydrogen (secondary N) is 2. The summed E-state index contributed by atoms with van der Waals surface area (Å²) in [7, 11) is -3.47. The highest BCUT2D eigenvalue weighted by molar-refractivity contribution is 7.90. The van der Waals surface area contributed by atoms with E-state index in [1.807, 2.05) is 63.2 Å². The molecule has 1 amide bonds. The van der Waals surface area contributed by atoms with Gasteiger partial charge in [0.05, 0.1) is 6.17 Å². The van der Waals surface area contributed by atoms with Gasteiger partial charge in [0.1, 0.15) is 5.25 Å². The molecule has 33 heavy (non-hydrogen) atoms. The van der Waals surface area contributed by atoms with E-state index in [1.165, 1.54) is 0 Å². The van der Waals surface area contributed by atoms with E-state index in [-0.39, 0.29) is 23.9 Å². The average Bonchev–Trinajstić information content (AvgIpc) is 3.04. The number of sulfonamides is 1. The lowest BCUT2D eigenvalue weighted by molar-refractivity contribution is -0.126. The van der Waals surface area contributed by atoms with E-state index in [1.54, 1.807) is 0 Å². The smallest absolute Gasteiger partial charge is 0.223 e. The van der Waals surface area contributed by atoms with Gasteiger partial charge in [-0.2, -0.15) is 4.72 Å². The molecule has 2 aromatic rings. The average molecular weight is 490 g/mol. The second-order valence-electron chi connectivity index (χ2n) is 9.39. The molecule has 0 aliphatic carbocycles. The standard InChI is InChI=1S/C25H32ClN3O3S/c1-16-4-7-21(14-17(16)2)23-18(3)24(28-33(23,31)32)29-12-10-20(11-13-29)25(30)27-15-19-5-8-22(26)9-6-19/h4-9,14,18,20,23-24,28H,10-13,15H2,1-3H3,(H,27,30). The normalized spacial score (nSPS) is 25.8. The first-order valence-corrected chi connectivity index (χ1v) is 13.4. The maximum Gasteiger partial charge on any atom is 0.223 e. The molecule has 3 unspecified atom stereocenters. The van der Waals surface area contributed by atoms with Gasteiger partial charge in [-0.1, -0.05) is 48.9 Å². The van der Waals surface area contributed by atoms with Crippen LogP contribution in [0.5, 0.6) is 0 Å². The van der Waals surface area contributed by atoms with Crippen LogP contribution in [0.3, 0.4) is 0 Å². The zero-order chi connectivity index (χ0) is 23.8. The van der Waals surface area contributed by atoms with Crippen LogP contribution in [0.25, 0.3) is 0 Å². The number of piperidine rings is 1. The van der Waals surface area contributed by atoms with Gasteiger partial charge in [0.2, 0.25) is 15.9 Å². The van der Waals surface area contributed by atoms with E-state index in [2.05, 4.69) is 14.9 Å². The number of benzene rings is 2. The van der Waals surface area contributed by atoms with Crippen LogP contribution >= 0.6 is 11.6 Å². The van der Waals surface area contributed by atoms with Crippen molar-refractivity contribution < 1.29 is 13.2 Å². The number of carbonyl (C=O) groups excluding carboxylic acids is 1. The van der Waals surface area contributed by atoms with Gasteiger partial charge in [-0.25, -0.2) is 8.42 Å². The number of hydrogen-bond acceptors (Lipinski definition) is 4. The van der Waals surface area contributed by atoms with Gasteiger partial charge in [-0.3, -0.25) is 9.69 Å². The zero-order valence-corrected chi connectivity index (χ0v) is 20.9. The first-order valence-electron chi connectivity index (χ1n) is 11.5. The Kier molecular flexibility index (Phi) is 7.15. The van der Waals surface area contributed by atoms with Crippen molar-refractivity contribution >= 4 is 27.5 Å². The molecule has 178 valence electrons. The molecular formula is C25H32ClN3O3S. The molecule has 4 rings (SSSR count). The fourth-order valence-electron chi connectivity index (χ4n) is 5.00. The molecule has 2 fully saturated rings. The molecule has 2 aromatic carbocycles. The third-order valence-electron chi connectivity index (χ3n) is 7.13. The number of likely N-dealkylation sites (tertiary alicyclic amines) is 1. The Balaban J connectivity index is 1.35. The van der Waals surface area contributed by atoms with Gasteiger partial charge >= 0.3 is 0 Å². The van der Waals surface area contributed by atoms with Crippen LogP contribution in [0, 0.1) is 25.7 Å². The summed E-state index contributed by atoms with van der Waals surface area (Å²) in [5, 5.41) is 3.13. The van der Waals surface area contributed by atoms with Gasteiger partial charge in [0, 0.05) is 36.5 Å². The monoisotopic (exact) mass is 489 g/mol. The summed E-state index contributed by atoms with van der Waals surface area (Å²) in [6.07, 6.45) is 1.18. The van der Waals surface area contributed by atoms with Gasteiger partial charge in [0.25, 0.3) is 0 Å². The largest absolute Gasteiger partial charge is 0.352 e. The minimum atomic E-state index is -3.47. The van der Waals surface area contributed by atoms with Crippen molar-refractivity contribution in [3.05, 3.63) is 69.7 Å². The number of hydrogen-bond donors (Lipinski definition) is 2. The molecule has 0 radical (unpaired) electrons. The molecule has 0 aromatic heterocycles. The van der Waals surface area contributed by atoms with Crippen molar-refractivity contribution in [1.82, 2.24) is 14.9 Å². The van der Waals surface area contributed by atoms with Crippen LogP contribution in [0.4, 0.5) is 0 Å². The number of halogens is 1. The van der Waals surface area contributed by atoms with Crippen LogP contribution in [0.15, 0.2) is 42.5 Å². The van der Waals surface area contributed by atoms with E-state index in [9.17, 15) is 13.2 Å². The van der Waals surface area contributed by atoms with Gasteiger partial charge in [-0.05, 0) is 61.1 Å². The van der Waals surface area contributed by atoms with E-state index < -0.39 is 15.3 Å². The molecule has 8 heteroatoms. The first kappa shape index (κ1) is 24.2. The van der Waals surface area contributed by atoms with Crippen LogP contribution in [-0.2, 0) is 21.4 Å². The number of carbonyl (C=O) groups is 1. The third-order valence-corrected chi connectivity index (χ3v) is 9.32. The summed E-state index contributed by atoms with van der Waals surface area (Å²) in [4.78, 5) is 14.8. The lowest BCUT2D eigenvalue weighted by atomic mass is 9.91. The van der Waals surface area contributed by atoms with Crippen LogP contribution < -0.4 is 10.0 Å². The minimum absolute atomic E-state index is 0.0534. The fourth-order valence-corrected chi connectivity index (χ4v) is 7.20. The molecule has 0 spiro atoms. The van der Waals surface area contributed by atoms with Gasteiger partial charge < -0.3 is 5.32 Å². The molecular weight excluding hydrogens is 458 g/mol. The van der Waals surface area contributed by atoms with E-state index in [0.717, 1.165) is 22.3 Å². The summed E-state index contributed by atoms with van der Waals surface area (Å²) < 4.78 is 29.0. The number of nitrogens with zero attached hydrogens (tertiary/aromatic N) is 1. The molecule has 2 aliphatic rings. The number of rotatable bonds is 5. The summed E-state index contributed by atoms with van der Waals surface area (Å²) in [5.41, 5.74) is 4.11. The molecule has 0 saturated carbocycles. The van der Waals surface area contributed by atoms with Crippen LogP contribution in [0.2, 0.25) is 5.02 Å².